The van der Waals surface area contributed by atoms with Gasteiger partial charge in [0.1, 0.15) is 11.6 Å². The molecule has 0 saturated carbocycles. The van der Waals surface area contributed by atoms with Crippen LogP contribution in [0.5, 0.6) is 0 Å². The average molecular weight is 286 g/mol. The number of amides is 1. The van der Waals surface area contributed by atoms with Gasteiger partial charge in [-0.3, -0.25) is 4.79 Å². The Morgan fingerprint density at radius 3 is 2.52 bits per heavy atom. The van der Waals surface area contributed by atoms with Gasteiger partial charge < -0.3 is 5.32 Å². The summed E-state index contributed by atoms with van der Waals surface area (Å²) in [4.78, 5) is 16.1. The molecule has 1 aromatic carbocycles. The highest BCUT2D eigenvalue weighted by Crippen LogP contribution is 2.25. The first-order valence-corrected chi connectivity index (χ1v) is 6.81. The van der Waals surface area contributed by atoms with Crippen molar-refractivity contribution in [1.82, 2.24) is 4.98 Å². The zero-order valence-electron chi connectivity index (χ0n) is 12.7. The molecule has 1 N–H and O–H groups in total. The molecule has 0 radical (unpaired) electrons. The van der Waals surface area contributed by atoms with Gasteiger partial charge in [0.05, 0.1) is 0 Å². The number of hydrogen-bond acceptors (Lipinski definition) is 2. The van der Waals surface area contributed by atoms with Gasteiger partial charge in [0, 0.05) is 17.2 Å². The lowest BCUT2D eigenvalue weighted by molar-refractivity contribution is -0.123. The number of halogens is 1. The van der Waals surface area contributed by atoms with Gasteiger partial charge >= 0.3 is 0 Å². The highest BCUT2D eigenvalue weighted by Gasteiger charge is 2.21. The highest BCUT2D eigenvalue weighted by molar-refractivity contribution is 5.94. The Morgan fingerprint density at radius 1 is 1.19 bits per heavy atom. The molecule has 0 aliphatic heterocycles. The Balaban J connectivity index is 2.32. The van der Waals surface area contributed by atoms with Crippen molar-refractivity contribution < 1.29 is 9.18 Å². The van der Waals surface area contributed by atoms with Crippen LogP contribution in [-0.4, -0.2) is 10.9 Å². The molecule has 1 amide bonds. The molecule has 0 atom stereocenters. The summed E-state index contributed by atoms with van der Waals surface area (Å²) in [5.74, 6) is 0.0122. The second kappa shape index (κ2) is 5.64. The second-order valence-electron chi connectivity index (χ2n) is 6.12. The first-order valence-electron chi connectivity index (χ1n) is 6.81. The maximum absolute atomic E-state index is 14.0. The molecule has 4 heteroatoms. The molecule has 1 aromatic heterocycles. The fraction of sp³-hybridized carbons (Fsp3) is 0.294. The van der Waals surface area contributed by atoms with Crippen LogP contribution < -0.4 is 5.32 Å². The molecule has 0 unspecified atom stereocenters. The van der Waals surface area contributed by atoms with Crippen LogP contribution in [-0.2, 0) is 4.79 Å². The van der Waals surface area contributed by atoms with Crippen molar-refractivity contribution >= 4 is 11.7 Å². The number of aryl methyl sites for hydroxylation is 1. The minimum Gasteiger partial charge on any atom is -0.310 e. The van der Waals surface area contributed by atoms with E-state index in [1.165, 1.54) is 6.07 Å². The molecule has 1 heterocycles. The molecule has 0 aliphatic carbocycles. The maximum Gasteiger partial charge on any atom is 0.230 e. The number of nitrogens with zero attached hydrogens (tertiary/aromatic N) is 1. The number of carbonyl (C=O) groups excluding carboxylic acids is 1. The van der Waals surface area contributed by atoms with E-state index in [1.54, 1.807) is 24.4 Å². The monoisotopic (exact) mass is 286 g/mol. The number of anilines is 1. The predicted molar refractivity (Wildman–Crippen MR) is 82.5 cm³/mol. The van der Waals surface area contributed by atoms with Crippen LogP contribution in [0.2, 0.25) is 0 Å². The summed E-state index contributed by atoms with van der Waals surface area (Å²) >= 11 is 0. The van der Waals surface area contributed by atoms with Crippen molar-refractivity contribution in [2.24, 2.45) is 5.41 Å². The third kappa shape index (κ3) is 3.66. The third-order valence-corrected chi connectivity index (χ3v) is 3.12. The summed E-state index contributed by atoms with van der Waals surface area (Å²) in [6.07, 6.45) is 1.56. The van der Waals surface area contributed by atoms with Gasteiger partial charge in [0.2, 0.25) is 5.91 Å². The third-order valence-electron chi connectivity index (χ3n) is 3.12. The highest BCUT2D eigenvalue weighted by atomic mass is 19.1. The van der Waals surface area contributed by atoms with Gasteiger partial charge in [0.25, 0.3) is 0 Å². The van der Waals surface area contributed by atoms with Gasteiger partial charge in [-0.05, 0) is 36.2 Å². The number of carbonyl (C=O) groups is 1. The summed E-state index contributed by atoms with van der Waals surface area (Å²) in [5, 5.41) is 2.75. The molecule has 0 spiro atoms. The standard InChI is InChI=1S/C17H19FN2O/c1-11-5-6-13(14(18)9-11)12-7-8-19-15(10-12)20-16(21)17(2,3)4/h5-10H,1-4H3,(H,19,20,21). The number of hydrogen-bond donors (Lipinski definition) is 1. The van der Waals surface area contributed by atoms with Gasteiger partial charge in [0.15, 0.2) is 0 Å². The van der Waals surface area contributed by atoms with Crippen molar-refractivity contribution in [1.29, 1.82) is 0 Å². The Hall–Kier alpha value is -2.23. The van der Waals surface area contributed by atoms with Crippen LogP contribution in [0.1, 0.15) is 26.3 Å². The topological polar surface area (TPSA) is 42.0 Å². The molecule has 0 fully saturated rings. The number of nitrogens with one attached hydrogen (secondary N) is 1. The van der Waals surface area contributed by atoms with E-state index in [4.69, 9.17) is 0 Å². The van der Waals surface area contributed by atoms with Crippen LogP contribution in [0.4, 0.5) is 10.2 Å². The smallest absolute Gasteiger partial charge is 0.230 e. The van der Waals surface area contributed by atoms with Gasteiger partial charge in [-0.1, -0.05) is 32.9 Å². The molecule has 2 rings (SSSR count). The average Bonchev–Trinajstić information content (AvgIpc) is 2.37. The molecular formula is C17H19FN2O. The summed E-state index contributed by atoms with van der Waals surface area (Å²) in [7, 11) is 0. The molecular weight excluding hydrogens is 267 g/mol. The minimum atomic E-state index is -0.507. The summed E-state index contributed by atoms with van der Waals surface area (Å²) < 4.78 is 14.0. The van der Waals surface area contributed by atoms with Crippen molar-refractivity contribution in [3.63, 3.8) is 0 Å². The van der Waals surface area contributed by atoms with E-state index in [-0.39, 0.29) is 11.7 Å². The predicted octanol–water partition coefficient (Wildman–Crippen LogP) is 4.18. The first kappa shape index (κ1) is 15.2. The van der Waals surface area contributed by atoms with Crippen LogP contribution in [0.3, 0.4) is 0 Å². The second-order valence-corrected chi connectivity index (χ2v) is 6.12. The van der Waals surface area contributed by atoms with E-state index in [0.717, 1.165) is 5.56 Å². The van der Waals surface area contributed by atoms with E-state index < -0.39 is 5.41 Å². The molecule has 2 aromatic rings. The number of aromatic nitrogens is 1. The van der Waals surface area contributed by atoms with E-state index >= 15 is 0 Å². The lowest BCUT2D eigenvalue weighted by atomic mass is 9.96. The molecule has 0 bridgehead atoms. The minimum absolute atomic E-state index is 0.128. The van der Waals surface area contributed by atoms with Crippen LogP contribution in [0.15, 0.2) is 36.5 Å². The summed E-state index contributed by atoms with van der Waals surface area (Å²) in [6, 6.07) is 8.47. The zero-order valence-corrected chi connectivity index (χ0v) is 12.7. The summed E-state index contributed by atoms with van der Waals surface area (Å²) in [5.41, 5.74) is 1.54. The fourth-order valence-corrected chi connectivity index (χ4v) is 1.82. The Labute approximate surface area is 124 Å². The van der Waals surface area contributed by atoms with Crippen molar-refractivity contribution in [2.75, 3.05) is 5.32 Å². The molecule has 3 nitrogen and oxygen atoms in total. The fourth-order valence-electron chi connectivity index (χ4n) is 1.82. The van der Waals surface area contributed by atoms with Crippen LogP contribution in [0.25, 0.3) is 11.1 Å². The van der Waals surface area contributed by atoms with Gasteiger partial charge in [-0.15, -0.1) is 0 Å². The Morgan fingerprint density at radius 2 is 1.90 bits per heavy atom. The molecule has 21 heavy (non-hydrogen) atoms. The van der Waals surface area contributed by atoms with E-state index in [9.17, 15) is 9.18 Å². The van der Waals surface area contributed by atoms with Crippen molar-refractivity contribution in [2.45, 2.75) is 27.7 Å². The SMILES string of the molecule is Cc1ccc(-c2ccnc(NC(=O)C(C)(C)C)c2)c(F)c1. The van der Waals surface area contributed by atoms with Gasteiger partial charge in [-0.2, -0.15) is 0 Å². The number of pyridine rings is 1. The van der Waals surface area contributed by atoms with E-state index in [1.807, 2.05) is 33.8 Å². The maximum atomic E-state index is 14.0. The Bertz CT molecular complexity index is 675. The van der Waals surface area contributed by atoms with Crippen LogP contribution >= 0.6 is 0 Å². The van der Waals surface area contributed by atoms with E-state index in [0.29, 0.717) is 16.9 Å². The lowest BCUT2D eigenvalue weighted by Gasteiger charge is -2.17. The number of benzene rings is 1. The molecule has 110 valence electrons. The quantitative estimate of drug-likeness (QED) is 0.899. The van der Waals surface area contributed by atoms with Crippen molar-refractivity contribution in [3.05, 3.63) is 47.9 Å². The van der Waals surface area contributed by atoms with Gasteiger partial charge in [-0.25, -0.2) is 9.37 Å². The largest absolute Gasteiger partial charge is 0.310 e. The zero-order chi connectivity index (χ0) is 15.6. The Kier molecular flexibility index (Phi) is 4.07. The van der Waals surface area contributed by atoms with E-state index in [2.05, 4.69) is 10.3 Å². The van der Waals surface area contributed by atoms with Crippen LogP contribution in [0, 0.1) is 18.2 Å². The normalized spacial score (nSPS) is 11.3. The molecule has 0 aliphatic rings. The first-order chi connectivity index (χ1) is 9.77. The number of rotatable bonds is 2. The molecule has 0 saturated heterocycles. The lowest BCUT2D eigenvalue weighted by Crippen LogP contribution is -2.28. The van der Waals surface area contributed by atoms with Crippen molar-refractivity contribution in [3.8, 4) is 11.1 Å². The summed E-state index contributed by atoms with van der Waals surface area (Å²) in [6.45, 7) is 7.32.